The Morgan fingerprint density at radius 3 is 2.95 bits per heavy atom. The average Bonchev–Trinajstić information content (AvgIpc) is 2.53. The maximum absolute atomic E-state index is 12.7. The molecule has 3 rings (SSSR count). The standard InChI is InChI=1S/C17H20N2O/c18-11-14-4-1-2-6-15(14)17(20)13-8-7-12-5-3-9-19-16(12)10-13/h3,5,7-10,14-15H,1-2,4,6,11,18H2. The second-order valence-corrected chi connectivity index (χ2v) is 5.66. The molecule has 2 atom stereocenters. The topological polar surface area (TPSA) is 56.0 Å². The average molecular weight is 268 g/mol. The van der Waals surface area contributed by atoms with E-state index in [0.717, 1.165) is 35.7 Å². The van der Waals surface area contributed by atoms with Crippen molar-refractivity contribution in [2.45, 2.75) is 25.7 Å². The lowest BCUT2D eigenvalue weighted by Gasteiger charge is -2.29. The molecule has 0 amide bonds. The number of benzene rings is 1. The van der Waals surface area contributed by atoms with Crippen molar-refractivity contribution in [1.29, 1.82) is 0 Å². The largest absolute Gasteiger partial charge is 0.330 e. The third kappa shape index (κ3) is 2.46. The maximum Gasteiger partial charge on any atom is 0.166 e. The maximum atomic E-state index is 12.7. The first-order chi connectivity index (χ1) is 9.79. The minimum absolute atomic E-state index is 0.0925. The van der Waals surface area contributed by atoms with Crippen LogP contribution in [0.3, 0.4) is 0 Å². The molecule has 1 aliphatic carbocycles. The van der Waals surface area contributed by atoms with Gasteiger partial charge in [0.05, 0.1) is 5.52 Å². The summed E-state index contributed by atoms with van der Waals surface area (Å²) in [5, 5.41) is 1.07. The van der Waals surface area contributed by atoms with E-state index in [1.807, 2.05) is 30.3 Å². The Labute approximate surface area is 119 Å². The predicted octanol–water partition coefficient (Wildman–Crippen LogP) is 3.18. The minimum atomic E-state index is 0.0925. The van der Waals surface area contributed by atoms with Crippen LogP contribution in [0.25, 0.3) is 10.9 Å². The summed E-state index contributed by atoms with van der Waals surface area (Å²) in [6.45, 7) is 0.613. The molecule has 1 aliphatic rings. The third-order valence-electron chi connectivity index (χ3n) is 4.44. The molecule has 0 radical (unpaired) electrons. The van der Waals surface area contributed by atoms with E-state index in [2.05, 4.69) is 4.98 Å². The summed E-state index contributed by atoms with van der Waals surface area (Å²) in [7, 11) is 0. The Morgan fingerprint density at radius 1 is 1.25 bits per heavy atom. The molecule has 1 aromatic carbocycles. The zero-order valence-electron chi connectivity index (χ0n) is 11.6. The molecule has 0 spiro atoms. The van der Waals surface area contributed by atoms with Gasteiger partial charge in [0, 0.05) is 23.1 Å². The quantitative estimate of drug-likeness (QED) is 0.870. The molecular formula is C17H20N2O. The fourth-order valence-corrected chi connectivity index (χ4v) is 3.27. The van der Waals surface area contributed by atoms with Crippen molar-refractivity contribution in [3.8, 4) is 0 Å². The van der Waals surface area contributed by atoms with Crippen LogP contribution in [-0.4, -0.2) is 17.3 Å². The molecule has 2 N–H and O–H groups in total. The van der Waals surface area contributed by atoms with Gasteiger partial charge in [-0.25, -0.2) is 0 Å². The van der Waals surface area contributed by atoms with E-state index >= 15 is 0 Å². The van der Waals surface area contributed by atoms with Crippen LogP contribution in [0.5, 0.6) is 0 Å². The second kappa shape index (κ2) is 5.71. The number of Topliss-reactive ketones (excluding diaryl/α,β-unsaturated/α-hetero) is 1. The predicted molar refractivity (Wildman–Crippen MR) is 80.6 cm³/mol. The zero-order valence-corrected chi connectivity index (χ0v) is 11.6. The van der Waals surface area contributed by atoms with Crippen molar-refractivity contribution in [1.82, 2.24) is 4.98 Å². The molecule has 1 aromatic heterocycles. The van der Waals surface area contributed by atoms with Crippen LogP contribution >= 0.6 is 0 Å². The molecule has 0 aliphatic heterocycles. The Balaban J connectivity index is 1.91. The SMILES string of the molecule is NCC1CCCCC1C(=O)c1ccc2cccnc2c1. The summed E-state index contributed by atoms with van der Waals surface area (Å²) >= 11 is 0. The number of hydrogen-bond acceptors (Lipinski definition) is 3. The molecule has 20 heavy (non-hydrogen) atoms. The molecular weight excluding hydrogens is 248 g/mol. The van der Waals surface area contributed by atoms with Gasteiger partial charge >= 0.3 is 0 Å². The fraction of sp³-hybridized carbons (Fsp3) is 0.412. The Bertz CT molecular complexity index is 623. The molecule has 3 heteroatoms. The molecule has 3 nitrogen and oxygen atoms in total. The number of pyridine rings is 1. The first-order valence-corrected chi connectivity index (χ1v) is 7.38. The van der Waals surface area contributed by atoms with Gasteiger partial charge in [-0.1, -0.05) is 31.0 Å². The molecule has 1 fully saturated rings. The van der Waals surface area contributed by atoms with Crippen LogP contribution in [0.2, 0.25) is 0 Å². The van der Waals surface area contributed by atoms with E-state index in [1.165, 1.54) is 6.42 Å². The van der Waals surface area contributed by atoms with Gasteiger partial charge in [0.15, 0.2) is 5.78 Å². The molecule has 0 bridgehead atoms. The lowest BCUT2D eigenvalue weighted by atomic mass is 9.75. The number of rotatable bonds is 3. The molecule has 2 unspecified atom stereocenters. The number of nitrogens with two attached hydrogens (primary N) is 1. The van der Waals surface area contributed by atoms with E-state index in [0.29, 0.717) is 12.5 Å². The summed E-state index contributed by atoms with van der Waals surface area (Å²) < 4.78 is 0. The lowest BCUT2D eigenvalue weighted by Crippen LogP contribution is -2.32. The summed E-state index contributed by atoms with van der Waals surface area (Å²) in [6, 6.07) is 9.75. The zero-order chi connectivity index (χ0) is 13.9. The van der Waals surface area contributed by atoms with E-state index in [1.54, 1.807) is 6.20 Å². The van der Waals surface area contributed by atoms with E-state index in [4.69, 9.17) is 5.73 Å². The highest BCUT2D eigenvalue weighted by atomic mass is 16.1. The highest BCUT2D eigenvalue weighted by Crippen LogP contribution is 2.32. The molecule has 1 heterocycles. The summed E-state index contributed by atoms with van der Waals surface area (Å²) in [6.07, 6.45) is 6.16. The summed E-state index contributed by atoms with van der Waals surface area (Å²) in [5.74, 6) is 0.679. The van der Waals surface area contributed by atoms with Crippen LogP contribution in [0.15, 0.2) is 36.5 Å². The van der Waals surface area contributed by atoms with Crippen molar-refractivity contribution in [3.63, 3.8) is 0 Å². The van der Waals surface area contributed by atoms with E-state index < -0.39 is 0 Å². The number of nitrogens with zero attached hydrogens (tertiary/aromatic N) is 1. The lowest BCUT2D eigenvalue weighted by molar-refractivity contribution is 0.0830. The van der Waals surface area contributed by atoms with Gasteiger partial charge in [-0.15, -0.1) is 0 Å². The smallest absolute Gasteiger partial charge is 0.166 e. The normalized spacial score (nSPS) is 22.9. The Morgan fingerprint density at radius 2 is 2.10 bits per heavy atom. The van der Waals surface area contributed by atoms with Crippen molar-refractivity contribution in [2.75, 3.05) is 6.54 Å². The van der Waals surface area contributed by atoms with Crippen molar-refractivity contribution in [2.24, 2.45) is 17.6 Å². The molecule has 1 saturated carbocycles. The summed E-state index contributed by atoms with van der Waals surface area (Å²) in [5.41, 5.74) is 7.50. The van der Waals surface area contributed by atoms with Gasteiger partial charge in [0.25, 0.3) is 0 Å². The number of fused-ring (bicyclic) bond motifs is 1. The third-order valence-corrected chi connectivity index (χ3v) is 4.44. The first-order valence-electron chi connectivity index (χ1n) is 7.38. The van der Waals surface area contributed by atoms with Gasteiger partial charge < -0.3 is 5.73 Å². The molecule has 104 valence electrons. The van der Waals surface area contributed by atoms with Crippen molar-refractivity contribution in [3.05, 3.63) is 42.1 Å². The van der Waals surface area contributed by atoms with Crippen LogP contribution in [0.4, 0.5) is 0 Å². The van der Waals surface area contributed by atoms with E-state index in [-0.39, 0.29) is 11.7 Å². The van der Waals surface area contributed by atoms with Gasteiger partial charge in [0.2, 0.25) is 0 Å². The number of aromatic nitrogens is 1. The van der Waals surface area contributed by atoms with Crippen LogP contribution in [0, 0.1) is 11.8 Å². The van der Waals surface area contributed by atoms with E-state index in [9.17, 15) is 4.79 Å². The second-order valence-electron chi connectivity index (χ2n) is 5.66. The van der Waals surface area contributed by atoms with Gasteiger partial charge in [0.1, 0.15) is 0 Å². The minimum Gasteiger partial charge on any atom is -0.330 e. The number of ketones is 1. The number of carbonyl (C=O) groups excluding carboxylic acids is 1. The number of hydrogen-bond donors (Lipinski definition) is 1. The monoisotopic (exact) mass is 268 g/mol. The van der Waals surface area contributed by atoms with Crippen LogP contribution in [0.1, 0.15) is 36.0 Å². The van der Waals surface area contributed by atoms with Gasteiger partial charge in [-0.2, -0.15) is 0 Å². The highest BCUT2D eigenvalue weighted by molar-refractivity contribution is 6.00. The molecule has 2 aromatic rings. The highest BCUT2D eigenvalue weighted by Gasteiger charge is 2.30. The Hall–Kier alpha value is -1.74. The van der Waals surface area contributed by atoms with Crippen LogP contribution in [-0.2, 0) is 0 Å². The van der Waals surface area contributed by atoms with Gasteiger partial charge in [-0.3, -0.25) is 9.78 Å². The van der Waals surface area contributed by atoms with Crippen molar-refractivity contribution >= 4 is 16.7 Å². The molecule has 0 saturated heterocycles. The summed E-state index contributed by atoms with van der Waals surface area (Å²) in [4.78, 5) is 17.1. The van der Waals surface area contributed by atoms with Crippen LogP contribution < -0.4 is 5.73 Å². The first kappa shape index (κ1) is 13.3. The van der Waals surface area contributed by atoms with Crippen molar-refractivity contribution < 1.29 is 4.79 Å². The van der Waals surface area contributed by atoms with Gasteiger partial charge in [-0.05, 0) is 37.4 Å². The number of carbonyl (C=O) groups is 1. The Kier molecular flexibility index (Phi) is 3.79. The fourth-order valence-electron chi connectivity index (χ4n) is 3.27.